The molecule has 0 aliphatic heterocycles. The molecular formula is C19H24N2O3. The van der Waals surface area contributed by atoms with Crippen molar-refractivity contribution in [3.8, 4) is 5.75 Å². The Labute approximate surface area is 143 Å². The van der Waals surface area contributed by atoms with Crippen molar-refractivity contribution in [2.45, 2.75) is 13.8 Å². The maximum atomic E-state index is 12.1. The fraction of sp³-hybridized carbons (Fsp3) is 0.316. The molecular weight excluding hydrogens is 304 g/mol. The van der Waals surface area contributed by atoms with Gasteiger partial charge < -0.3 is 20.1 Å². The second-order valence-electron chi connectivity index (χ2n) is 5.59. The highest BCUT2D eigenvalue weighted by Crippen LogP contribution is 2.17. The first-order chi connectivity index (χ1) is 11.6. The summed E-state index contributed by atoms with van der Waals surface area (Å²) in [5.74, 6) is 0.696. The molecule has 2 aromatic rings. The summed E-state index contributed by atoms with van der Waals surface area (Å²) in [6, 6.07) is 13.5. The van der Waals surface area contributed by atoms with Crippen LogP contribution < -0.4 is 15.4 Å². The van der Waals surface area contributed by atoms with Crippen LogP contribution >= 0.6 is 0 Å². The molecule has 0 bridgehead atoms. The summed E-state index contributed by atoms with van der Waals surface area (Å²) in [5.41, 5.74) is 3.88. The van der Waals surface area contributed by atoms with Crippen LogP contribution in [0, 0.1) is 13.8 Å². The molecule has 2 rings (SSSR count). The number of benzene rings is 2. The van der Waals surface area contributed by atoms with E-state index in [1.165, 1.54) is 0 Å². The summed E-state index contributed by atoms with van der Waals surface area (Å²) >= 11 is 0. The Hall–Kier alpha value is -2.53. The topological polar surface area (TPSA) is 59.6 Å². The van der Waals surface area contributed by atoms with Crippen LogP contribution in [-0.4, -0.2) is 32.8 Å². The molecule has 0 aliphatic carbocycles. The third-order valence-corrected chi connectivity index (χ3v) is 3.53. The van der Waals surface area contributed by atoms with Gasteiger partial charge in [-0.25, -0.2) is 0 Å². The normalized spacial score (nSPS) is 10.3. The Bertz CT molecular complexity index is 669. The predicted octanol–water partition coefficient (Wildman–Crippen LogP) is 3.38. The van der Waals surface area contributed by atoms with Gasteiger partial charge in [-0.15, -0.1) is 0 Å². The lowest BCUT2D eigenvalue weighted by atomic mass is 10.1. The summed E-state index contributed by atoms with van der Waals surface area (Å²) in [5, 5.41) is 6.03. The lowest BCUT2D eigenvalue weighted by Gasteiger charge is -2.11. The predicted molar refractivity (Wildman–Crippen MR) is 96.8 cm³/mol. The van der Waals surface area contributed by atoms with E-state index >= 15 is 0 Å². The van der Waals surface area contributed by atoms with Crippen molar-refractivity contribution in [1.82, 2.24) is 0 Å². The van der Waals surface area contributed by atoms with E-state index < -0.39 is 0 Å². The van der Waals surface area contributed by atoms with Crippen LogP contribution in [0.5, 0.6) is 5.75 Å². The zero-order chi connectivity index (χ0) is 17.4. The summed E-state index contributed by atoms with van der Waals surface area (Å²) in [6.45, 7) is 5.26. The van der Waals surface area contributed by atoms with Gasteiger partial charge in [0.15, 0.2) is 0 Å². The largest absolute Gasteiger partial charge is 0.491 e. The van der Waals surface area contributed by atoms with Crippen molar-refractivity contribution < 1.29 is 14.3 Å². The van der Waals surface area contributed by atoms with Crippen LogP contribution in [0.25, 0.3) is 0 Å². The average Bonchev–Trinajstić information content (AvgIpc) is 2.58. The minimum atomic E-state index is -0.0795. The summed E-state index contributed by atoms with van der Waals surface area (Å²) < 4.78 is 10.4. The number of carbonyl (C=O) groups is 1. The van der Waals surface area contributed by atoms with Gasteiger partial charge >= 0.3 is 0 Å². The van der Waals surface area contributed by atoms with Crippen LogP contribution in [0.1, 0.15) is 11.1 Å². The van der Waals surface area contributed by atoms with Gasteiger partial charge in [0, 0.05) is 18.5 Å². The van der Waals surface area contributed by atoms with Gasteiger partial charge in [0.2, 0.25) is 5.91 Å². The number of amides is 1. The molecule has 0 fully saturated rings. The molecule has 0 saturated carbocycles. The second-order valence-corrected chi connectivity index (χ2v) is 5.59. The van der Waals surface area contributed by atoms with E-state index in [4.69, 9.17) is 9.47 Å². The van der Waals surface area contributed by atoms with Gasteiger partial charge in [-0.1, -0.05) is 12.1 Å². The molecule has 0 saturated heterocycles. The molecule has 0 aliphatic rings. The molecule has 1 amide bonds. The fourth-order valence-corrected chi connectivity index (χ4v) is 2.16. The van der Waals surface area contributed by atoms with Crippen LogP contribution in [0.2, 0.25) is 0 Å². The van der Waals surface area contributed by atoms with E-state index in [1.54, 1.807) is 7.11 Å². The zero-order valence-corrected chi connectivity index (χ0v) is 14.4. The number of carbonyl (C=O) groups excluding carboxylic acids is 1. The number of aryl methyl sites for hydroxylation is 2. The van der Waals surface area contributed by atoms with Gasteiger partial charge in [0.25, 0.3) is 0 Å². The Morgan fingerprint density at radius 1 is 1.04 bits per heavy atom. The smallest absolute Gasteiger partial charge is 0.243 e. The van der Waals surface area contributed by atoms with E-state index in [0.717, 1.165) is 28.3 Å². The van der Waals surface area contributed by atoms with E-state index in [1.807, 2.05) is 56.3 Å². The molecule has 5 heteroatoms. The van der Waals surface area contributed by atoms with Crippen LogP contribution in [0.4, 0.5) is 11.4 Å². The SMILES string of the molecule is COCCOc1ccc(NCC(=O)Nc2cc(C)ccc2C)cc1. The number of rotatable bonds is 8. The molecule has 0 unspecified atom stereocenters. The van der Waals surface area contributed by atoms with Gasteiger partial charge in [-0.2, -0.15) is 0 Å². The van der Waals surface area contributed by atoms with Crippen LogP contribution in [0.15, 0.2) is 42.5 Å². The van der Waals surface area contributed by atoms with Crippen molar-refractivity contribution >= 4 is 17.3 Å². The summed E-state index contributed by atoms with van der Waals surface area (Å²) in [4.78, 5) is 12.1. The van der Waals surface area contributed by atoms with Gasteiger partial charge in [0.1, 0.15) is 12.4 Å². The molecule has 128 valence electrons. The highest BCUT2D eigenvalue weighted by atomic mass is 16.5. The van der Waals surface area contributed by atoms with Crippen LogP contribution in [-0.2, 0) is 9.53 Å². The quantitative estimate of drug-likeness (QED) is 0.729. The van der Waals surface area contributed by atoms with E-state index in [2.05, 4.69) is 10.6 Å². The van der Waals surface area contributed by atoms with Crippen molar-refractivity contribution in [1.29, 1.82) is 0 Å². The number of nitrogens with one attached hydrogen (secondary N) is 2. The monoisotopic (exact) mass is 328 g/mol. The van der Waals surface area contributed by atoms with Crippen LogP contribution in [0.3, 0.4) is 0 Å². The fourth-order valence-electron chi connectivity index (χ4n) is 2.16. The molecule has 2 N–H and O–H groups in total. The maximum Gasteiger partial charge on any atom is 0.243 e. The first-order valence-electron chi connectivity index (χ1n) is 7.91. The first kappa shape index (κ1) is 17.8. The van der Waals surface area contributed by atoms with Gasteiger partial charge in [-0.3, -0.25) is 4.79 Å². The molecule has 5 nitrogen and oxygen atoms in total. The standard InChI is InChI=1S/C19H24N2O3/c1-14-4-5-15(2)18(12-14)21-19(22)13-20-16-6-8-17(9-7-16)24-11-10-23-3/h4-9,12,20H,10-11,13H2,1-3H3,(H,21,22). The molecule has 2 aromatic carbocycles. The number of ether oxygens (including phenoxy) is 2. The highest BCUT2D eigenvalue weighted by Gasteiger charge is 2.05. The second kappa shape index (κ2) is 8.93. The van der Waals surface area contributed by atoms with Crippen molar-refractivity contribution in [3.63, 3.8) is 0 Å². The molecule has 0 spiro atoms. The third-order valence-electron chi connectivity index (χ3n) is 3.53. The van der Waals surface area contributed by atoms with E-state index in [9.17, 15) is 4.79 Å². The Balaban J connectivity index is 1.82. The minimum Gasteiger partial charge on any atom is -0.491 e. The van der Waals surface area contributed by atoms with E-state index in [0.29, 0.717) is 13.2 Å². The first-order valence-corrected chi connectivity index (χ1v) is 7.91. The molecule has 0 heterocycles. The van der Waals surface area contributed by atoms with Crippen molar-refractivity contribution in [3.05, 3.63) is 53.6 Å². The lowest BCUT2D eigenvalue weighted by molar-refractivity contribution is -0.114. The van der Waals surface area contributed by atoms with Crippen molar-refractivity contribution in [2.24, 2.45) is 0 Å². The summed E-state index contributed by atoms with van der Waals surface area (Å²) in [6.07, 6.45) is 0. The third kappa shape index (κ3) is 5.59. The number of hydrogen-bond donors (Lipinski definition) is 2. The molecule has 0 atom stereocenters. The highest BCUT2D eigenvalue weighted by molar-refractivity contribution is 5.94. The lowest BCUT2D eigenvalue weighted by Crippen LogP contribution is -2.22. The zero-order valence-electron chi connectivity index (χ0n) is 14.4. The molecule has 24 heavy (non-hydrogen) atoms. The van der Waals surface area contributed by atoms with Gasteiger partial charge in [0.05, 0.1) is 13.2 Å². The Kier molecular flexibility index (Phi) is 6.63. The molecule has 0 radical (unpaired) electrons. The maximum absolute atomic E-state index is 12.1. The minimum absolute atomic E-state index is 0.0795. The van der Waals surface area contributed by atoms with Crippen molar-refractivity contribution in [2.75, 3.05) is 37.5 Å². The summed E-state index contributed by atoms with van der Waals surface area (Å²) in [7, 11) is 1.64. The number of methoxy groups -OCH3 is 1. The van der Waals surface area contributed by atoms with Gasteiger partial charge in [-0.05, 0) is 55.3 Å². The number of anilines is 2. The molecule has 0 aromatic heterocycles. The Morgan fingerprint density at radius 2 is 1.79 bits per heavy atom. The average molecular weight is 328 g/mol. The number of hydrogen-bond acceptors (Lipinski definition) is 4. The Morgan fingerprint density at radius 3 is 2.50 bits per heavy atom. The van der Waals surface area contributed by atoms with E-state index in [-0.39, 0.29) is 12.5 Å².